The highest BCUT2D eigenvalue weighted by atomic mass is 32.2. The molecule has 5 rings (SSSR count). The monoisotopic (exact) mass is 323 g/mol. The van der Waals surface area contributed by atoms with Crippen molar-refractivity contribution in [2.45, 2.75) is 55.9 Å². The van der Waals surface area contributed by atoms with Gasteiger partial charge in [-0.25, -0.2) is 8.42 Å². The van der Waals surface area contributed by atoms with Gasteiger partial charge in [0, 0.05) is 19.6 Å². The van der Waals surface area contributed by atoms with E-state index in [-0.39, 0.29) is 5.54 Å². The Morgan fingerprint density at radius 1 is 1.18 bits per heavy atom. The van der Waals surface area contributed by atoms with E-state index in [1.54, 1.807) is 23.1 Å². The van der Waals surface area contributed by atoms with Gasteiger partial charge in [-0.1, -0.05) is 0 Å². The van der Waals surface area contributed by atoms with Crippen LogP contribution in [0.25, 0.3) is 0 Å². The van der Waals surface area contributed by atoms with E-state index in [2.05, 4.69) is 5.10 Å². The molecule has 1 aromatic heterocycles. The highest BCUT2D eigenvalue weighted by Crippen LogP contribution is 2.58. The Bertz CT molecular complexity index is 672. The van der Waals surface area contributed by atoms with Gasteiger partial charge in [0.05, 0.1) is 11.9 Å². The Labute approximate surface area is 132 Å². The molecule has 4 bridgehead atoms. The zero-order valence-corrected chi connectivity index (χ0v) is 14.4. The minimum absolute atomic E-state index is 0.143. The van der Waals surface area contributed by atoms with Gasteiger partial charge in [0.2, 0.25) is 10.0 Å². The Kier molecular flexibility index (Phi) is 3.05. The SMILES string of the molecule is Cc1c(S(=O)(=O)N(C)C23CC4CC(CC(C4)C2)C3)cnn1C. The van der Waals surface area contributed by atoms with E-state index in [0.717, 1.165) is 42.7 Å². The fourth-order valence-electron chi connectivity index (χ4n) is 5.58. The molecule has 4 aliphatic carbocycles. The second-order valence-electron chi connectivity index (χ2n) is 7.83. The first-order valence-corrected chi connectivity index (χ1v) is 9.73. The number of hydrogen-bond acceptors (Lipinski definition) is 3. The highest BCUT2D eigenvalue weighted by Gasteiger charge is 2.55. The lowest BCUT2D eigenvalue weighted by atomic mass is 9.53. The normalized spacial score (nSPS) is 37.2. The second kappa shape index (κ2) is 4.57. The molecular weight excluding hydrogens is 298 g/mol. The van der Waals surface area contributed by atoms with Crippen molar-refractivity contribution in [2.75, 3.05) is 7.05 Å². The van der Waals surface area contributed by atoms with Gasteiger partial charge in [-0.05, 0) is 63.2 Å². The van der Waals surface area contributed by atoms with Crippen molar-refractivity contribution in [3.8, 4) is 0 Å². The number of sulfonamides is 1. The largest absolute Gasteiger partial charge is 0.272 e. The average Bonchev–Trinajstić information content (AvgIpc) is 2.77. The van der Waals surface area contributed by atoms with Gasteiger partial charge in [0.15, 0.2) is 0 Å². The quantitative estimate of drug-likeness (QED) is 0.858. The van der Waals surface area contributed by atoms with Crippen LogP contribution in [0, 0.1) is 24.7 Å². The summed E-state index contributed by atoms with van der Waals surface area (Å²) in [4.78, 5) is 0.369. The average molecular weight is 323 g/mol. The van der Waals surface area contributed by atoms with Crippen LogP contribution in [-0.2, 0) is 17.1 Å². The Morgan fingerprint density at radius 2 is 1.68 bits per heavy atom. The summed E-state index contributed by atoms with van der Waals surface area (Å²) >= 11 is 0. The molecule has 0 aromatic carbocycles. The maximum atomic E-state index is 13.2. The van der Waals surface area contributed by atoms with E-state index in [9.17, 15) is 8.42 Å². The van der Waals surface area contributed by atoms with Gasteiger partial charge < -0.3 is 0 Å². The number of aromatic nitrogens is 2. The molecule has 1 aromatic rings. The van der Waals surface area contributed by atoms with E-state index in [1.807, 2.05) is 6.92 Å². The van der Waals surface area contributed by atoms with Gasteiger partial charge in [-0.3, -0.25) is 4.68 Å². The number of hydrogen-bond donors (Lipinski definition) is 0. The molecule has 4 aliphatic rings. The predicted octanol–water partition coefficient (Wildman–Crippen LogP) is 2.32. The van der Waals surface area contributed by atoms with Crippen molar-refractivity contribution in [2.24, 2.45) is 24.8 Å². The van der Waals surface area contributed by atoms with E-state index >= 15 is 0 Å². The first kappa shape index (κ1) is 14.7. The molecule has 122 valence electrons. The lowest BCUT2D eigenvalue weighted by Gasteiger charge is -2.59. The van der Waals surface area contributed by atoms with Gasteiger partial charge in [-0.2, -0.15) is 9.40 Å². The number of rotatable bonds is 3. The van der Waals surface area contributed by atoms with Crippen LogP contribution in [0.3, 0.4) is 0 Å². The first-order valence-electron chi connectivity index (χ1n) is 8.29. The number of aryl methyl sites for hydroxylation is 1. The van der Waals surface area contributed by atoms with Crippen molar-refractivity contribution < 1.29 is 8.42 Å². The Morgan fingerprint density at radius 3 is 2.09 bits per heavy atom. The Balaban J connectivity index is 1.72. The summed E-state index contributed by atoms with van der Waals surface area (Å²) in [6.07, 6.45) is 8.61. The molecule has 0 N–H and O–H groups in total. The molecule has 0 atom stereocenters. The number of nitrogens with zero attached hydrogens (tertiary/aromatic N) is 3. The third-order valence-electron chi connectivity index (χ3n) is 6.50. The molecule has 5 nitrogen and oxygen atoms in total. The molecule has 6 heteroatoms. The molecule has 0 unspecified atom stereocenters. The van der Waals surface area contributed by atoms with E-state index in [1.165, 1.54) is 25.5 Å². The molecule has 1 heterocycles. The van der Waals surface area contributed by atoms with Crippen molar-refractivity contribution in [3.05, 3.63) is 11.9 Å². The lowest BCUT2D eigenvalue weighted by Crippen LogP contribution is -2.60. The third kappa shape index (κ3) is 1.92. The standard InChI is InChI=1S/C16H25N3O2S/c1-11-15(10-17-18(11)2)22(20,21)19(3)16-7-12-4-13(8-16)6-14(5-12)9-16/h10,12-14H,4-9H2,1-3H3. The Hall–Kier alpha value is -0.880. The molecule has 4 saturated carbocycles. The summed E-state index contributed by atoms with van der Waals surface area (Å²) in [6, 6.07) is 0. The van der Waals surface area contributed by atoms with E-state index in [0.29, 0.717) is 4.90 Å². The highest BCUT2D eigenvalue weighted by molar-refractivity contribution is 7.89. The molecule has 0 spiro atoms. The van der Waals surface area contributed by atoms with Crippen LogP contribution in [-0.4, -0.2) is 35.1 Å². The molecule has 0 amide bonds. The minimum atomic E-state index is -3.46. The molecule has 22 heavy (non-hydrogen) atoms. The maximum Gasteiger partial charge on any atom is 0.246 e. The van der Waals surface area contributed by atoms with Crippen LogP contribution < -0.4 is 0 Å². The molecule has 0 saturated heterocycles. The second-order valence-corrected chi connectivity index (χ2v) is 9.77. The maximum absolute atomic E-state index is 13.2. The van der Waals surface area contributed by atoms with Crippen LogP contribution in [0.2, 0.25) is 0 Å². The summed E-state index contributed by atoms with van der Waals surface area (Å²) in [6.45, 7) is 1.83. The van der Waals surface area contributed by atoms with E-state index < -0.39 is 10.0 Å². The first-order chi connectivity index (χ1) is 10.3. The summed E-state index contributed by atoms with van der Waals surface area (Å²) < 4.78 is 29.7. The van der Waals surface area contributed by atoms with Crippen LogP contribution in [0.5, 0.6) is 0 Å². The van der Waals surface area contributed by atoms with Crippen LogP contribution in [0.1, 0.15) is 44.2 Å². The lowest BCUT2D eigenvalue weighted by molar-refractivity contribution is -0.0495. The fraction of sp³-hybridized carbons (Fsp3) is 0.812. The van der Waals surface area contributed by atoms with Crippen LogP contribution in [0.15, 0.2) is 11.1 Å². The summed E-state index contributed by atoms with van der Waals surface area (Å²) in [5.41, 5.74) is 0.576. The molecule has 0 radical (unpaired) electrons. The summed E-state index contributed by atoms with van der Waals surface area (Å²) in [5, 5.41) is 4.12. The van der Waals surface area contributed by atoms with Gasteiger partial charge in [-0.15, -0.1) is 0 Å². The summed E-state index contributed by atoms with van der Waals surface area (Å²) in [7, 11) is 0.130. The van der Waals surface area contributed by atoms with Gasteiger partial charge in [0.25, 0.3) is 0 Å². The third-order valence-corrected chi connectivity index (χ3v) is 8.57. The van der Waals surface area contributed by atoms with Crippen LogP contribution in [0.4, 0.5) is 0 Å². The topological polar surface area (TPSA) is 55.2 Å². The van der Waals surface area contributed by atoms with Crippen LogP contribution >= 0.6 is 0 Å². The van der Waals surface area contributed by atoms with E-state index in [4.69, 9.17) is 0 Å². The zero-order chi connectivity index (χ0) is 15.7. The molecular formula is C16H25N3O2S. The van der Waals surface area contributed by atoms with Gasteiger partial charge >= 0.3 is 0 Å². The zero-order valence-electron chi connectivity index (χ0n) is 13.6. The van der Waals surface area contributed by atoms with Crippen molar-refractivity contribution in [1.29, 1.82) is 0 Å². The van der Waals surface area contributed by atoms with Gasteiger partial charge in [0.1, 0.15) is 4.90 Å². The molecule has 4 fully saturated rings. The smallest absolute Gasteiger partial charge is 0.246 e. The van der Waals surface area contributed by atoms with Crippen molar-refractivity contribution in [3.63, 3.8) is 0 Å². The summed E-state index contributed by atoms with van der Waals surface area (Å²) in [5.74, 6) is 2.21. The predicted molar refractivity (Wildman–Crippen MR) is 83.8 cm³/mol. The van der Waals surface area contributed by atoms with Crippen molar-refractivity contribution >= 4 is 10.0 Å². The minimum Gasteiger partial charge on any atom is -0.272 e. The fourth-order valence-corrected chi connectivity index (χ4v) is 7.30. The van der Waals surface area contributed by atoms with Crippen molar-refractivity contribution in [1.82, 2.24) is 14.1 Å². The molecule has 0 aliphatic heterocycles.